The summed E-state index contributed by atoms with van der Waals surface area (Å²) >= 11 is 0. The van der Waals surface area contributed by atoms with Crippen molar-refractivity contribution < 1.29 is 14.0 Å². The van der Waals surface area contributed by atoms with E-state index in [1.54, 1.807) is 0 Å². The van der Waals surface area contributed by atoms with Gasteiger partial charge in [0.05, 0.1) is 6.10 Å². The average Bonchev–Trinajstić information content (AvgIpc) is 2.15. The van der Waals surface area contributed by atoms with E-state index in [1.807, 2.05) is 0 Å². The molecule has 0 amide bonds. The second-order valence-electron chi connectivity index (χ2n) is 7.01. The van der Waals surface area contributed by atoms with E-state index in [1.165, 1.54) is 0 Å². The van der Waals surface area contributed by atoms with Crippen LogP contribution in [0.25, 0.3) is 0 Å². The number of aliphatic hydroxyl groups excluding tert-OH is 1. The summed E-state index contributed by atoms with van der Waals surface area (Å²) in [6, 6.07) is 0. The molecule has 3 nitrogen and oxygen atoms in total. The molecule has 0 bridgehead atoms. The molecule has 0 aromatic rings. The molecule has 0 radical (unpaired) electrons. The van der Waals surface area contributed by atoms with Gasteiger partial charge in [0.2, 0.25) is 0 Å². The molecule has 0 spiro atoms. The summed E-state index contributed by atoms with van der Waals surface area (Å²) in [6.45, 7) is 14.3. The highest BCUT2D eigenvalue weighted by atomic mass is 28.4. The van der Waals surface area contributed by atoms with Crippen LogP contribution in [0.4, 0.5) is 0 Å². The zero-order valence-corrected chi connectivity index (χ0v) is 13.2. The lowest BCUT2D eigenvalue weighted by molar-refractivity contribution is 0.00938. The van der Waals surface area contributed by atoms with Crippen LogP contribution >= 0.6 is 0 Å². The van der Waals surface area contributed by atoms with E-state index in [9.17, 15) is 0 Å². The maximum Gasteiger partial charge on any atom is 0.349 e. The lowest BCUT2D eigenvalue weighted by atomic mass is 10.2. The van der Waals surface area contributed by atoms with E-state index in [2.05, 4.69) is 41.5 Å². The van der Waals surface area contributed by atoms with Gasteiger partial charge in [-0.3, -0.25) is 0 Å². The largest absolute Gasteiger partial charge is 0.396 e. The van der Waals surface area contributed by atoms with Crippen molar-refractivity contribution in [3.05, 3.63) is 0 Å². The Hall–Kier alpha value is 0.0969. The molecule has 0 aliphatic carbocycles. The van der Waals surface area contributed by atoms with Crippen LogP contribution in [-0.4, -0.2) is 33.0 Å². The Morgan fingerprint density at radius 3 is 2.06 bits per heavy atom. The highest BCUT2D eigenvalue weighted by Crippen LogP contribution is 2.54. The molecular weight excluding hydrogens is 232 g/mol. The van der Waals surface area contributed by atoms with Crippen molar-refractivity contribution in [3.8, 4) is 0 Å². The lowest BCUT2D eigenvalue weighted by Gasteiger charge is -2.53. The summed E-state index contributed by atoms with van der Waals surface area (Å²) in [6.07, 6.45) is 1.80. The third-order valence-corrected chi connectivity index (χ3v) is 8.73. The van der Waals surface area contributed by atoms with Crippen molar-refractivity contribution >= 4 is 8.56 Å². The SMILES string of the molecule is CC(C)(C)[Si]1(C(C)(C)C)OCCC(CCO)O1. The molecule has 1 N–H and O–H groups in total. The zero-order chi connectivity index (χ0) is 13.3. The molecule has 1 aliphatic heterocycles. The number of rotatable bonds is 2. The second-order valence-corrected chi connectivity index (χ2v) is 11.8. The maximum atomic E-state index is 9.09. The highest BCUT2D eigenvalue weighted by molar-refractivity contribution is 6.73. The standard InChI is InChI=1S/C13H28O3Si/c1-12(2,3)17(13(4,5)6)15-10-8-11(16-17)7-9-14/h11,14H,7-10H2,1-6H3. The molecule has 4 heteroatoms. The van der Waals surface area contributed by atoms with Gasteiger partial charge in [0, 0.05) is 23.3 Å². The van der Waals surface area contributed by atoms with E-state index in [4.69, 9.17) is 14.0 Å². The van der Waals surface area contributed by atoms with Crippen molar-refractivity contribution in [2.24, 2.45) is 0 Å². The molecule has 17 heavy (non-hydrogen) atoms. The van der Waals surface area contributed by atoms with Crippen LogP contribution in [-0.2, 0) is 8.85 Å². The van der Waals surface area contributed by atoms with Gasteiger partial charge in [-0.15, -0.1) is 0 Å². The molecule has 0 saturated carbocycles. The molecule has 1 fully saturated rings. The van der Waals surface area contributed by atoms with Crippen molar-refractivity contribution in [1.82, 2.24) is 0 Å². The van der Waals surface area contributed by atoms with Crippen molar-refractivity contribution in [1.29, 1.82) is 0 Å². The van der Waals surface area contributed by atoms with Crippen molar-refractivity contribution in [2.45, 2.75) is 70.6 Å². The first kappa shape index (κ1) is 15.2. The summed E-state index contributed by atoms with van der Waals surface area (Å²) in [5, 5.41) is 9.17. The Morgan fingerprint density at radius 2 is 1.65 bits per heavy atom. The van der Waals surface area contributed by atoms with E-state index in [0.717, 1.165) is 19.4 Å². The number of hydrogen-bond donors (Lipinski definition) is 1. The fraction of sp³-hybridized carbons (Fsp3) is 1.00. The third-order valence-electron chi connectivity index (χ3n) is 3.50. The van der Waals surface area contributed by atoms with Gasteiger partial charge in [-0.2, -0.15) is 0 Å². The summed E-state index contributed by atoms with van der Waals surface area (Å²) in [4.78, 5) is 0. The molecule has 1 rings (SSSR count). The van der Waals surface area contributed by atoms with Crippen LogP contribution < -0.4 is 0 Å². The predicted octanol–water partition coefficient (Wildman–Crippen LogP) is 3.22. The molecule has 102 valence electrons. The smallest absolute Gasteiger partial charge is 0.349 e. The van der Waals surface area contributed by atoms with Gasteiger partial charge in [0.15, 0.2) is 0 Å². The zero-order valence-electron chi connectivity index (χ0n) is 12.2. The molecule has 0 aromatic carbocycles. The predicted molar refractivity (Wildman–Crippen MR) is 72.3 cm³/mol. The second kappa shape index (κ2) is 5.00. The topological polar surface area (TPSA) is 38.7 Å². The lowest BCUT2D eigenvalue weighted by Crippen LogP contribution is -2.61. The molecule has 1 heterocycles. The fourth-order valence-corrected chi connectivity index (χ4v) is 7.92. The Bertz CT molecular complexity index is 236. The highest BCUT2D eigenvalue weighted by Gasteiger charge is 2.60. The minimum absolute atomic E-state index is 0.0410. The van der Waals surface area contributed by atoms with Crippen molar-refractivity contribution in [3.63, 3.8) is 0 Å². The third kappa shape index (κ3) is 2.92. The molecular formula is C13H28O3Si. The Labute approximate surface area is 107 Å². The number of hydrogen-bond acceptors (Lipinski definition) is 3. The average molecular weight is 260 g/mol. The molecule has 1 aliphatic rings. The van der Waals surface area contributed by atoms with Crippen LogP contribution in [0, 0.1) is 0 Å². The van der Waals surface area contributed by atoms with E-state index in [0.29, 0.717) is 0 Å². The van der Waals surface area contributed by atoms with Crippen LogP contribution in [0.5, 0.6) is 0 Å². The number of aliphatic hydroxyl groups is 1. The van der Waals surface area contributed by atoms with Crippen molar-refractivity contribution in [2.75, 3.05) is 13.2 Å². The molecule has 1 unspecified atom stereocenters. The maximum absolute atomic E-state index is 9.09. The van der Waals surface area contributed by atoms with Gasteiger partial charge in [-0.1, -0.05) is 41.5 Å². The Balaban J connectivity index is 3.00. The quantitative estimate of drug-likeness (QED) is 0.775. The Kier molecular flexibility index (Phi) is 4.45. The minimum atomic E-state index is -2.30. The minimum Gasteiger partial charge on any atom is -0.396 e. The molecule has 1 saturated heterocycles. The normalized spacial score (nSPS) is 25.9. The summed E-state index contributed by atoms with van der Waals surface area (Å²) < 4.78 is 12.6. The van der Waals surface area contributed by atoms with Gasteiger partial charge in [0.25, 0.3) is 0 Å². The van der Waals surface area contributed by atoms with Gasteiger partial charge in [0.1, 0.15) is 0 Å². The first-order valence-electron chi connectivity index (χ1n) is 6.57. The van der Waals surface area contributed by atoms with Gasteiger partial charge in [-0.05, 0) is 12.8 Å². The Morgan fingerprint density at radius 1 is 1.12 bits per heavy atom. The van der Waals surface area contributed by atoms with Crippen LogP contribution in [0.3, 0.4) is 0 Å². The first-order valence-corrected chi connectivity index (χ1v) is 8.38. The fourth-order valence-electron chi connectivity index (χ4n) is 2.92. The van der Waals surface area contributed by atoms with Gasteiger partial charge >= 0.3 is 8.56 Å². The van der Waals surface area contributed by atoms with Gasteiger partial charge < -0.3 is 14.0 Å². The van der Waals surface area contributed by atoms with Crippen LogP contribution in [0.15, 0.2) is 0 Å². The van der Waals surface area contributed by atoms with Gasteiger partial charge in [-0.25, -0.2) is 0 Å². The molecule has 0 aromatic heterocycles. The van der Waals surface area contributed by atoms with E-state index < -0.39 is 8.56 Å². The van der Waals surface area contributed by atoms with Crippen LogP contribution in [0.2, 0.25) is 10.1 Å². The molecule has 1 atom stereocenters. The monoisotopic (exact) mass is 260 g/mol. The van der Waals surface area contributed by atoms with Crippen LogP contribution in [0.1, 0.15) is 54.4 Å². The van der Waals surface area contributed by atoms with E-state index >= 15 is 0 Å². The summed E-state index contributed by atoms with van der Waals surface area (Å²) in [5.74, 6) is 0. The first-order chi connectivity index (χ1) is 7.64. The van der Waals surface area contributed by atoms with E-state index in [-0.39, 0.29) is 22.8 Å². The summed E-state index contributed by atoms with van der Waals surface area (Å²) in [5.41, 5.74) is 0. The summed E-state index contributed by atoms with van der Waals surface area (Å²) in [7, 11) is -2.30.